The van der Waals surface area contributed by atoms with Gasteiger partial charge in [-0.15, -0.1) is 0 Å². The number of hydrogen-bond donors (Lipinski definition) is 1. The first kappa shape index (κ1) is 14.6. The Labute approximate surface area is 107 Å². The lowest BCUT2D eigenvalue weighted by Gasteiger charge is -2.22. The average molecular weight is 253 g/mol. The zero-order valence-electron chi connectivity index (χ0n) is 10.7. The monoisotopic (exact) mass is 253 g/mol. The minimum atomic E-state index is -0.513. The number of nitrogens with zero attached hydrogens (tertiary/aromatic N) is 1. The van der Waals surface area contributed by atoms with Crippen molar-refractivity contribution in [3.63, 3.8) is 0 Å². The molecule has 1 aromatic carbocycles. The maximum Gasteiger partial charge on any atom is 0.256 e. The Kier molecular flexibility index (Phi) is 6.36. The van der Waals surface area contributed by atoms with Gasteiger partial charge < -0.3 is 10.0 Å². The number of aliphatic hydroxyl groups excluding tert-OH is 1. The largest absolute Gasteiger partial charge is 0.395 e. The van der Waals surface area contributed by atoms with Crippen LogP contribution in [0.25, 0.3) is 0 Å². The van der Waals surface area contributed by atoms with Crippen molar-refractivity contribution in [1.82, 2.24) is 4.90 Å². The van der Waals surface area contributed by atoms with Crippen molar-refractivity contribution in [2.45, 2.75) is 26.2 Å². The zero-order chi connectivity index (χ0) is 13.4. The summed E-state index contributed by atoms with van der Waals surface area (Å²) in [6, 6.07) is 5.94. The van der Waals surface area contributed by atoms with Crippen LogP contribution in [0.4, 0.5) is 4.39 Å². The third-order valence-corrected chi connectivity index (χ3v) is 2.79. The number of amides is 1. The second-order valence-electron chi connectivity index (χ2n) is 4.20. The quantitative estimate of drug-likeness (QED) is 0.758. The van der Waals surface area contributed by atoms with E-state index in [9.17, 15) is 9.18 Å². The van der Waals surface area contributed by atoms with Gasteiger partial charge in [-0.2, -0.15) is 0 Å². The van der Waals surface area contributed by atoms with Crippen molar-refractivity contribution in [1.29, 1.82) is 0 Å². The summed E-state index contributed by atoms with van der Waals surface area (Å²) in [6.07, 6.45) is 2.95. The van der Waals surface area contributed by atoms with Gasteiger partial charge in [0, 0.05) is 13.1 Å². The average Bonchev–Trinajstić information content (AvgIpc) is 2.38. The molecule has 0 aliphatic carbocycles. The molecular weight excluding hydrogens is 233 g/mol. The lowest BCUT2D eigenvalue weighted by atomic mass is 10.1. The van der Waals surface area contributed by atoms with Crippen LogP contribution in [0.15, 0.2) is 24.3 Å². The van der Waals surface area contributed by atoms with Crippen molar-refractivity contribution in [3.8, 4) is 0 Å². The Morgan fingerprint density at radius 1 is 1.28 bits per heavy atom. The molecule has 0 aliphatic rings. The Morgan fingerprint density at radius 3 is 2.61 bits per heavy atom. The zero-order valence-corrected chi connectivity index (χ0v) is 10.7. The second kappa shape index (κ2) is 7.82. The smallest absolute Gasteiger partial charge is 0.256 e. The van der Waals surface area contributed by atoms with E-state index in [-0.39, 0.29) is 24.6 Å². The van der Waals surface area contributed by atoms with Crippen molar-refractivity contribution in [2.24, 2.45) is 0 Å². The Hall–Kier alpha value is -1.42. The van der Waals surface area contributed by atoms with Crippen LogP contribution in [-0.2, 0) is 0 Å². The normalized spacial score (nSPS) is 10.4. The maximum absolute atomic E-state index is 13.5. The maximum atomic E-state index is 13.5. The molecule has 100 valence electrons. The minimum absolute atomic E-state index is 0.0717. The molecule has 0 radical (unpaired) electrons. The summed E-state index contributed by atoms with van der Waals surface area (Å²) >= 11 is 0. The Balaban J connectivity index is 2.73. The molecule has 0 aliphatic heterocycles. The van der Waals surface area contributed by atoms with E-state index < -0.39 is 5.82 Å². The van der Waals surface area contributed by atoms with Crippen molar-refractivity contribution in [3.05, 3.63) is 35.6 Å². The molecule has 4 heteroatoms. The fourth-order valence-corrected chi connectivity index (χ4v) is 1.79. The number of carbonyl (C=O) groups excluding carboxylic acids is 1. The van der Waals surface area contributed by atoms with Gasteiger partial charge in [-0.1, -0.05) is 31.9 Å². The van der Waals surface area contributed by atoms with E-state index in [0.717, 1.165) is 19.3 Å². The molecule has 0 heterocycles. The molecule has 1 amide bonds. The van der Waals surface area contributed by atoms with E-state index >= 15 is 0 Å². The van der Waals surface area contributed by atoms with Crippen LogP contribution in [0.2, 0.25) is 0 Å². The van der Waals surface area contributed by atoms with Crippen molar-refractivity contribution < 1.29 is 14.3 Å². The van der Waals surface area contributed by atoms with Gasteiger partial charge in [0.1, 0.15) is 5.82 Å². The molecule has 0 saturated heterocycles. The van der Waals surface area contributed by atoms with Gasteiger partial charge in [0.25, 0.3) is 5.91 Å². The van der Waals surface area contributed by atoms with E-state index in [2.05, 4.69) is 6.92 Å². The summed E-state index contributed by atoms with van der Waals surface area (Å²) in [4.78, 5) is 13.6. The topological polar surface area (TPSA) is 40.5 Å². The van der Waals surface area contributed by atoms with E-state index in [4.69, 9.17) is 5.11 Å². The molecule has 1 rings (SSSR count). The van der Waals surface area contributed by atoms with Crippen LogP contribution in [-0.4, -0.2) is 35.6 Å². The molecule has 3 nitrogen and oxygen atoms in total. The first-order chi connectivity index (χ1) is 8.70. The standard InChI is InChI=1S/C14H20FNO2/c1-2-3-6-9-16(10-11-17)14(18)12-7-4-5-8-13(12)15/h4-5,7-8,17H,2-3,6,9-11H2,1H3. The summed E-state index contributed by atoms with van der Waals surface area (Å²) in [5.74, 6) is -0.862. The Bertz CT molecular complexity index is 382. The number of aliphatic hydroxyl groups is 1. The summed E-state index contributed by atoms with van der Waals surface area (Å²) in [6.45, 7) is 2.78. The van der Waals surface area contributed by atoms with Gasteiger partial charge >= 0.3 is 0 Å². The molecule has 0 spiro atoms. The second-order valence-corrected chi connectivity index (χ2v) is 4.20. The predicted molar refractivity (Wildman–Crippen MR) is 68.9 cm³/mol. The predicted octanol–water partition coefficient (Wildman–Crippen LogP) is 2.45. The minimum Gasteiger partial charge on any atom is -0.395 e. The van der Waals surface area contributed by atoms with Crippen molar-refractivity contribution >= 4 is 5.91 Å². The number of hydrogen-bond acceptors (Lipinski definition) is 2. The van der Waals surface area contributed by atoms with E-state index in [1.165, 1.54) is 17.0 Å². The van der Waals surface area contributed by atoms with E-state index in [1.54, 1.807) is 12.1 Å². The summed E-state index contributed by atoms with van der Waals surface area (Å²) in [7, 11) is 0. The fourth-order valence-electron chi connectivity index (χ4n) is 1.79. The molecule has 0 aromatic heterocycles. The molecule has 1 aromatic rings. The number of unbranched alkanes of at least 4 members (excludes halogenated alkanes) is 2. The third-order valence-electron chi connectivity index (χ3n) is 2.79. The SMILES string of the molecule is CCCCCN(CCO)C(=O)c1ccccc1F. The van der Waals surface area contributed by atoms with E-state index in [0.29, 0.717) is 6.54 Å². The highest BCUT2D eigenvalue weighted by Gasteiger charge is 2.17. The van der Waals surface area contributed by atoms with Gasteiger partial charge in [0.2, 0.25) is 0 Å². The third kappa shape index (κ3) is 4.11. The lowest BCUT2D eigenvalue weighted by Crippen LogP contribution is -2.35. The van der Waals surface area contributed by atoms with Crippen LogP contribution in [0.5, 0.6) is 0 Å². The van der Waals surface area contributed by atoms with Gasteiger partial charge in [0.05, 0.1) is 12.2 Å². The first-order valence-electron chi connectivity index (χ1n) is 6.35. The fraction of sp³-hybridized carbons (Fsp3) is 0.500. The van der Waals surface area contributed by atoms with Crippen LogP contribution >= 0.6 is 0 Å². The highest BCUT2D eigenvalue weighted by Crippen LogP contribution is 2.11. The molecule has 0 unspecified atom stereocenters. The highest BCUT2D eigenvalue weighted by molar-refractivity contribution is 5.94. The number of rotatable bonds is 7. The van der Waals surface area contributed by atoms with Gasteiger partial charge in [-0.05, 0) is 18.6 Å². The molecule has 1 N–H and O–H groups in total. The van der Waals surface area contributed by atoms with Crippen LogP contribution in [0, 0.1) is 5.82 Å². The summed E-state index contributed by atoms with van der Waals surface area (Å²) < 4.78 is 13.5. The Morgan fingerprint density at radius 2 is 2.00 bits per heavy atom. The van der Waals surface area contributed by atoms with Gasteiger partial charge in [-0.3, -0.25) is 4.79 Å². The van der Waals surface area contributed by atoms with Crippen LogP contribution in [0.1, 0.15) is 36.5 Å². The molecule has 0 saturated carbocycles. The molecule has 0 atom stereocenters. The highest BCUT2D eigenvalue weighted by atomic mass is 19.1. The first-order valence-corrected chi connectivity index (χ1v) is 6.35. The number of carbonyl (C=O) groups is 1. The molecule has 18 heavy (non-hydrogen) atoms. The number of halogens is 1. The van der Waals surface area contributed by atoms with Crippen LogP contribution in [0.3, 0.4) is 0 Å². The lowest BCUT2D eigenvalue weighted by molar-refractivity contribution is 0.0714. The molecular formula is C14H20FNO2. The number of benzene rings is 1. The van der Waals surface area contributed by atoms with E-state index in [1.807, 2.05) is 0 Å². The molecule has 0 fully saturated rings. The van der Waals surface area contributed by atoms with Gasteiger partial charge in [-0.25, -0.2) is 4.39 Å². The van der Waals surface area contributed by atoms with Gasteiger partial charge in [0.15, 0.2) is 0 Å². The summed E-state index contributed by atoms with van der Waals surface area (Å²) in [5.41, 5.74) is 0.0717. The van der Waals surface area contributed by atoms with Crippen LogP contribution < -0.4 is 0 Å². The summed E-state index contributed by atoms with van der Waals surface area (Å²) in [5, 5.41) is 8.97. The van der Waals surface area contributed by atoms with Crippen molar-refractivity contribution in [2.75, 3.05) is 19.7 Å². The molecule has 0 bridgehead atoms.